The molecule has 1 aromatic heterocycles. The Balaban J connectivity index is 1.45. The van der Waals surface area contributed by atoms with E-state index >= 15 is 0 Å². The van der Waals surface area contributed by atoms with Gasteiger partial charge in [-0.25, -0.2) is 0 Å². The zero-order valence-corrected chi connectivity index (χ0v) is 16.8. The molecule has 4 aromatic rings. The van der Waals surface area contributed by atoms with Crippen LogP contribution in [0.5, 0.6) is 17.2 Å². The summed E-state index contributed by atoms with van der Waals surface area (Å²) in [6.07, 6.45) is 1.89. The predicted molar refractivity (Wildman–Crippen MR) is 117 cm³/mol. The van der Waals surface area contributed by atoms with Crippen molar-refractivity contribution in [2.24, 2.45) is 0 Å². The molecule has 0 atom stereocenters. The fraction of sp³-hybridized carbons (Fsp3) is 0.160. The molecule has 0 fully saturated rings. The van der Waals surface area contributed by atoms with Crippen molar-refractivity contribution in [2.75, 3.05) is 20.3 Å². The number of rotatable bonds is 9. The number of fused-ring (bicyclic) bond motifs is 1. The molecule has 0 radical (unpaired) electrons. The van der Waals surface area contributed by atoms with Crippen LogP contribution in [0.15, 0.2) is 85.1 Å². The van der Waals surface area contributed by atoms with Crippen molar-refractivity contribution < 1.29 is 19.0 Å². The molecule has 4 rings (SSSR count). The number of carbonyl (C=O) groups excluding carboxylic acids is 1. The molecule has 0 spiro atoms. The van der Waals surface area contributed by atoms with Crippen LogP contribution in [0.2, 0.25) is 0 Å². The summed E-state index contributed by atoms with van der Waals surface area (Å²) >= 11 is 0. The second-order valence-corrected chi connectivity index (χ2v) is 6.80. The zero-order chi connectivity index (χ0) is 20.8. The van der Waals surface area contributed by atoms with Gasteiger partial charge in [0.15, 0.2) is 6.61 Å². The first kappa shape index (κ1) is 19.6. The maximum absolute atomic E-state index is 12.8. The molecule has 0 bridgehead atoms. The number of Topliss-reactive ketones (excluding diaryl/α,β-unsaturated/α-hetero) is 1. The third kappa shape index (κ3) is 4.46. The van der Waals surface area contributed by atoms with E-state index in [0.717, 1.165) is 22.4 Å². The van der Waals surface area contributed by atoms with Crippen molar-refractivity contribution in [2.45, 2.75) is 6.54 Å². The largest absolute Gasteiger partial charge is 0.497 e. The van der Waals surface area contributed by atoms with E-state index in [9.17, 15) is 4.79 Å². The minimum atomic E-state index is -0.0510. The number of ketones is 1. The summed E-state index contributed by atoms with van der Waals surface area (Å²) in [5.74, 6) is 2.20. The van der Waals surface area contributed by atoms with Crippen LogP contribution in [0.3, 0.4) is 0 Å². The number of hydrogen-bond acceptors (Lipinski definition) is 4. The molecule has 0 aliphatic rings. The summed E-state index contributed by atoms with van der Waals surface area (Å²) < 4.78 is 18.7. The van der Waals surface area contributed by atoms with E-state index in [4.69, 9.17) is 14.2 Å². The Morgan fingerprint density at radius 3 is 2.23 bits per heavy atom. The van der Waals surface area contributed by atoms with Crippen molar-refractivity contribution in [1.29, 1.82) is 0 Å². The zero-order valence-electron chi connectivity index (χ0n) is 16.8. The Labute approximate surface area is 175 Å². The molecule has 0 N–H and O–H groups in total. The van der Waals surface area contributed by atoms with Crippen LogP contribution in [0.1, 0.15) is 10.4 Å². The number of nitrogens with zero attached hydrogens (tertiary/aromatic N) is 1. The van der Waals surface area contributed by atoms with Gasteiger partial charge in [-0.15, -0.1) is 0 Å². The molecule has 5 nitrogen and oxygen atoms in total. The van der Waals surface area contributed by atoms with Crippen molar-refractivity contribution in [3.05, 3.63) is 90.6 Å². The van der Waals surface area contributed by atoms with Crippen LogP contribution in [-0.4, -0.2) is 30.7 Å². The smallest absolute Gasteiger partial charge is 0.202 e. The molecule has 0 saturated heterocycles. The molecule has 0 amide bonds. The molecule has 3 aromatic carbocycles. The van der Waals surface area contributed by atoms with Crippen LogP contribution < -0.4 is 14.2 Å². The van der Waals surface area contributed by atoms with Gasteiger partial charge in [0.1, 0.15) is 23.9 Å². The summed E-state index contributed by atoms with van der Waals surface area (Å²) in [5.41, 5.74) is 1.66. The van der Waals surface area contributed by atoms with E-state index in [1.165, 1.54) is 0 Å². The number of para-hydroxylation sites is 2. The molecule has 30 heavy (non-hydrogen) atoms. The second kappa shape index (κ2) is 9.18. The van der Waals surface area contributed by atoms with Gasteiger partial charge in [0.05, 0.1) is 13.7 Å². The first-order chi connectivity index (χ1) is 14.7. The first-order valence-corrected chi connectivity index (χ1v) is 9.80. The maximum atomic E-state index is 12.8. The van der Waals surface area contributed by atoms with Gasteiger partial charge in [0, 0.05) is 22.7 Å². The van der Waals surface area contributed by atoms with E-state index in [-0.39, 0.29) is 12.4 Å². The normalized spacial score (nSPS) is 10.7. The van der Waals surface area contributed by atoms with E-state index in [2.05, 4.69) is 4.57 Å². The summed E-state index contributed by atoms with van der Waals surface area (Å²) in [6, 6.07) is 24.7. The van der Waals surface area contributed by atoms with E-state index in [0.29, 0.717) is 24.5 Å². The number of benzene rings is 3. The fourth-order valence-electron chi connectivity index (χ4n) is 3.33. The summed E-state index contributed by atoms with van der Waals surface area (Å²) in [7, 11) is 1.64. The molecular formula is C25H23NO4. The lowest BCUT2D eigenvalue weighted by atomic mass is 10.1. The predicted octanol–water partition coefficient (Wildman–Crippen LogP) is 4.99. The minimum absolute atomic E-state index is 0.000366. The molecule has 0 saturated carbocycles. The quantitative estimate of drug-likeness (QED) is 0.371. The molecule has 0 aliphatic heterocycles. The standard InChI is InChI=1S/C25H23NO4/c1-28-19-11-13-21(14-12-19)29-16-15-26-17-23(22-9-5-6-10-24(22)26)25(27)18-30-20-7-3-2-4-8-20/h2-14,17H,15-16,18H2,1H3. The molecular weight excluding hydrogens is 378 g/mol. The Hall–Kier alpha value is -3.73. The third-order valence-corrected chi connectivity index (χ3v) is 4.86. The molecule has 1 heterocycles. The van der Waals surface area contributed by atoms with Gasteiger partial charge in [-0.2, -0.15) is 0 Å². The van der Waals surface area contributed by atoms with Gasteiger partial charge in [-0.3, -0.25) is 4.79 Å². The average Bonchev–Trinajstić information content (AvgIpc) is 3.17. The summed E-state index contributed by atoms with van der Waals surface area (Å²) in [6.45, 7) is 1.11. The summed E-state index contributed by atoms with van der Waals surface area (Å²) in [5, 5.41) is 0.920. The average molecular weight is 401 g/mol. The van der Waals surface area contributed by atoms with Crippen LogP contribution in [0.25, 0.3) is 10.9 Å². The fourth-order valence-corrected chi connectivity index (χ4v) is 3.33. The van der Waals surface area contributed by atoms with Gasteiger partial charge in [-0.05, 0) is 42.5 Å². The van der Waals surface area contributed by atoms with Crippen molar-refractivity contribution in [3.63, 3.8) is 0 Å². The van der Waals surface area contributed by atoms with Crippen LogP contribution in [0.4, 0.5) is 0 Å². The lowest BCUT2D eigenvalue weighted by Gasteiger charge is -2.09. The number of methoxy groups -OCH3 is 1. The summed E-state index contributed by atoms with van der Waals surface area (Å²) in [4.78, 5) is 12.8. The van der Waals surface area contributed by atoms with Crippen molar-refractivity contribution >= 4 is 16.7 Å². The first-order valence-electron chi connectivity index (χ1n) is 9.80. The van der Waals surface area contributed by atoms with Crippen LogP contribution in [0, 0.1) is 0 Å². The highest BCUT2D eigenvalue weighted by atomic mass is 16.5. The lowest BCUT2D eigenvalue weighted by molar-refractivity contribution is 0.0923. The van der Waals surface area contributed by atoms with Crippen molar-refractivity contribution in [3.8, 4) is 17.2 Å². The Morgan fingerprint density at radius 1 is 0.800 bits per heavy atom. The van der Waals surface area contributed by atoms with E-state index in [1.54, 1.807) is 7.11 Å². The molecule has 5 heteroatoms. The Bertz CT molecular complexity index is 1120. The highest BCUT2D eigenvalue weighted by molar-refractivity contribution is 6.08. The molecule has 0 aliphatic carbocycles. The number of carbonyl (C=O) groups is 1. The van der Waals surface area contributed by atoms with Crippen molar-refractivity contribution in [1.82, 2.24) is 4.57 Å². The Kier molecular flexibility index (Phi) is 5.99. The molecule has 0 unspecified atom stereocenters. The van der Waals surface area contributed by atoms with E-state index in [1.807, 2.05) is 85.1 Å². The van der Waals surface area contributed by atoms with Gasteiger partial charge in [0.2, 0.25) is 5.78 Å². The SMILES string of the molecule is COc1ccc(OCCn2cc(C(=O)COc3ccccc3)c3ccccc32)cc1. The highest BCUT2D eigenvalue weighted by Crippen LogP contribution is 2.23. The molecule has 152 valence electrons. The van der Waals surface area contributed by atoms with Gasteiger partial charge < -0.3 is 18.8 Å². The topological polar surface area (TPSA) is 49.7 Å². The number of hydrogen-bond donors (Lipinski definition) is 0. The van der Waals surface area contributed by atoms with Gasteiger partial charge in [0.25, 0.3) is 0 Å². The number of ether oxygens (including phenoxy) is 3. The maximum Gasteiger partial charge on any atom is 0.202 e. The second-order valence-electron chi connectivity index (χ2n) is 6.80. The van der Waals surface area contributed by atoms with E-state index < -0.39 is 0 Å². The van der Waals surface area contributed by atoms with Crippen LogP contribution in [-0.2, 0) is 6.54 Å². The monoisotopic (exact) mass is 401 g/mol. The van der Waals surface area contributed by atoms with Crippen LogP contribution >= 0.6 is 0 Å². The number of aromatic nitrogens is 1. The minimum Gasteiger partial charge on any atom is -0.497 e. The third-order valence-electron chi connectivity index (χ3n) is 4.86. The van der Waals surface area contributed by atoms with Gasteiger partial charge in [-0.1, -0.05) is 36.4 Å². The Morgan fingerprint density at radius 2 is 1.47 bits per heavy atom. The lowest BCUT2D eigenvalue weighted by Crippen LogP contribution is -2.11. The highest BCUT2D eigenvalue weighted by Gasteiger charge is 2.15. The van der Waals surface area contributed by atoms with Gasteiger partial charge >= 0.3 is 0 Å².